The minimum atomic E-state index is -3.60. The predicted octanol–water partition coefficient (Wildman–Crippen LogP) is 0.368. The zero-order chi connectivity index (χ0) is 12.5. The first-order valence-electron chi connectivity index (χ1n) is 4.87. The maximum absolute atomic E-state index is 11.6. The van der Waals surface area contributed by atoms with Crippen molar-refractivity contribution in [1.29, 1.82) is 0 Å². The van der Waals surface area contributed by atoms with Crippen molar-refractivity contribution in [1.82, 2.24) is 9.44 Å². The van der Waals surface area contributed by atoms with Crippen LogP contribution in [0.1, 0.15) is 41.5 Å². The largest absolute Gasteiger partial charge is 0.391 e. The zero-order valence-corrected chi connectivity index (χ0v) is 11.1. The highest BCUT2D eigenvalue weighted by Crippen LogP contribution is 2.11. The average molecular weight is 238 g/mol. The summed E-state index contributed by atoms with van der Waals surface area (Å²) in [7, 11) is -3.60. The van der Waals surface area contributed by atoms with Crippen LogP contribution in [0.3, 0.4) is 0 Å². The van der Waals surface area contributed by atoms with Gasteiger partial charge in [-0.2, -0.15) is 17.9 Å². The molecule has 0 heterocycles. The molecule has 0 saturated heterocycles. The number of hydrogen-bond acceptors (Lipinski definition) is 3. The van der Waals surface area contributed by atoms with Crippen LogP contribution in [0.15, 0.2) is 0 Å². The molecule has 0 bridgehead atoms. The highest BCUT2D eigenvalue weighted by molar-refractivity contribution is 7.87. The van der Waals surface area contributed by atoms with Gasteiger partial charge in [0, 0.05) is 5.54 Å². The van der Waals surface area contributed by atoms with Crippen LogP contribution >= 0.6 is 0 Å². The van der Waals surface area contributed by atoms with Crippen molar-refractivity contribution in [3.8, 4) is 0 Å². The Bertz CT molecular complexity index is 302. The third-order valence-electron chi connectivity index (χ3n) is 1.88. The van der Waals surface area contributed by atoms with Crippen LogP contribution in [0.4, 0.5) is 0 Å². The molecule has 5 nitrogen and oxygen atoms in total. The van der Waals surface area contributed by atoms with E-state index in [0.29, 0.717) is 0 Å². The molecule has 0 aromatic rings. The summed E-state index contributed by atoms with van der Waals surface area (Å²) in [5, 5.41) is 9.39. The van der Waals surface area contributed by atoms with Crippen LogP contribution in [0.25, 0.3) is 0 Å². The van der Waals surface area contributed by atoms with E-state index in [1.165, 1.54) is 0 Å². The monoisotopic (exact) mass is 238 g/mol. The minimum Gasteiger partial charge on any atom is -0.391 e. The van der Waals surface area contributed by atoms with Crippen LogP contribution < -0.4 is 9.44 Å². The summed E-state index contributed by atoms with van der Waals surface area (Å²) >= 11 is 0. The molecule has 0 aliphatic heterocycles. The molecule has 15 heavy (non-hydrogen) atoms. The normalized spacial score (nSPS) is 16.5. The molecule has 6 heteroatoms. The van der Waals surface area contributed by atoms with Gasteiger partial charge in [0.05, 0.1) is 11.6 Å². The Kier molecular flexibility index (Phi) is 4.32. The molecule has 0 aliphatic carbocycles. The Morgan fingerprint density at radius 1 is 1.07 bits per heavy atom. The van der Waals surface area contributed by atoms with Gasteiger partial charge in [0.1, 0.15) is 0 Å². The Morgan fingerprint density at radius 3 is 1.73 bits per heavy atom. The van der Waals surface area contributed by atoms with Crippen molar-refractivity contribution < 1.29 is 13.5 Å². The van der Waals surface area contributed by atoms with Gasteiger partial charge in [-0.05, 0) is 41.5 Å². The SMILES string of the molecule is CC(O)C(C)(C)NS(=O)(=O)NC(C)(C)C. The predicted molar refractivity (Wildman–Crippen MR) is 60.7 cm³/mol. The fraction of sp³-hybridized carbons (Fsp3) is 1.00. The van der Waals surface area contributed by atoms with Crippen molar-refractivity contribution in [2.24, 2.45) is 0 Å². The lowest BCUT2D eigenvalue weighted by molar-refractivity contribution is 0.111. The van der Waals surface area contributed by atoms with Crippen LogP contribution in [-0.2, 0) is 10.2 Å². The van der Waals surface area contributed by atoms with Crippen LogP contribution in [0, 0.1) is 0 Å². The lowest BCUT2D eigenvalue weighted by Crippen LogP contribution is -2.57. The molecular weight excluding hydrogens is 216 g/mol. The smallest absolute Gasteiger partial charge is 0.277 e. The summed E-state index contributed by atoms with van der Waals surface area (Å²) in [5.74, 6) is 0. The van der Waals surface area contributed by atoms with E-state index < -0.39 is 27.4 Å². The number of aliphatic hydroxyl groups excluding tert-OH is 1. The first-order valence-corrected chi connectivity index (χ1v) is 6.35. The van der Waals surface area contributed by atoms with Crippen molar-refractivity contribution in [2.45, 2.75) is 58.7 Å². The fourth-order valence-electron chi connectivity index (χ4n) is 0.860. The second kappa shape index (κ2) is 4.37. The standard InChI is InChI=1S/C9H22N2O3S/c1-7(12)9(5,6)11-15(13,14)10-8(2,3)4/h7,10-12H,1-6H3. The molecule has 0 rings (SSSR count). The fourth-order valence-corrected chi connectivity index (χ4v) is 2.58. The molecule has 0 aromatic carbocycles. The van der Waals surface area contributed by atoms with Gasteiger partial charge in [-0.3, -0.25) is 0 Å². The van der Waals surface area contributed by atoms with E-state index in [4.69, 9.17) is 0 Å². The first kappa shape index (κ1) is 14.8. The topological polar surface area (TPSA) is 78.4 Å². The van der Waals surface area contributed by atoms with Crippen LogP contribution in [0.2, 0.25) is 0 Å². The van der Waals surface area contributed by atoms with Gasteiger partial charge in [0.25, 0.3) is 10.2 Å². The van der Waals surface area contributed by atoms with Gasteiger partial charge in [-0.15, -0.1) is 0 Å². The van der Waals surface area contributed by atoms with Crippen molar-refractivity contribution in [2.75, 3.05) is 0 Å². The van der Waals surface area contributed by atoms with E-state index in [0.717, 1.165) is 0 Å². The van der Waals surface area contributed by atoms with Gasteiger partial charge in [-0.1, -0.05) is 0 Å². The summed E-state index contributed by atoms with van der Waals surface area (Å²) in [4.78, 5) is 0. The molecule has 0 aromatic heterocycles. The summed E-state index contributed by atoms with van der Waals surface area (Å²) in [6, 6.07) is 0. The van der Waals surface area contributed by atoms with Gasteiger partial charge < -0.3 is 5.11 Å². The Hall–Kier alpha value is -0.170. The quantitative estimate of drug-likeness (QED) is 0.662. The van der Waals surface area contributed by atoms with Crippen molar-refractivity contribution in [3.05, 3.63) is 0 Å². The maximum Gasteiger partial charge on any atom is 0.277 e. The Morgan fingerprint density at radius 2 is 1.47 bits per heavy atom. The molecule has 92 valence electrons. The highest BCUT2D eigenvalue weighted by Gasteiger charge is 2.31. The van der Waals surface area contributed by atoms with Crippen LogP contribution in [-0.4, -0.2) is 30.7 Å². The van der Waals surface area contributed by atoms with Crippen molar-refractivity contribution in [3.63, 3.8) is 0 Å². The molecule has 0 saturated carbocycles. The number of rotatable bonds is 4. The van der Waals surface area contributed by atoms with E-state index in [2.05, 4.69) is 9.44 Å². The van der Waals surface area contributed by atoms with Gasteiger partial charge in [0.2, 0.25) is 0 Å². The summed E-state index contributed by atoms with van der Waals surface area (Å²) in [5.41, 5.74) is -1.43. The molecule has 1 unspecified atom stereocenters. The third-order valence-corrected chi connectivity index (χ3v) is 3.56. The molecule has 0 fully saturated rings. The average Bonchev–Trinajstić information content (AvgIpc) is 1.75. The number of nitrogens with one attached hydrogen (secondary N) is 2. The molecule has 1 atom stereocenters. The van der Waals surface area contributed by atoms with E-state index in [1.807, 2.05) is 0 Å². The molecule has 3 N–H and O–H groups in total. The lowest BCUT2D eigenvalue weighted by atomic mass is 10.0. The van der Waals surface area contributed by atoms with E-state index in [-0.39, 0.29) is 0 Å². The maximum atomic E-state index is 11.6. The summed E-state index contributed by atoms with van der Waals surface area (Å²) in [6.07, 6.45) is -0.769. The Balaban J connectivity index is 4.67. The number of hydrogen-bond donors (Lipinski definition) is 3. The third kappa shape index (κ3) is 6.09. The molecule has 0 spiro atoms. The number of aliphatic hydroxyl groups is 1. The van der Waals surface area contributed by atoms with Gasteiger partial charge in [0.15, 0.2) is 0 Å². The van der Waals surface area contributed by atoms with E-state index in [9.17, 15) is 13.5 Å². The zero-order valence-electron chi connectivity index (χ0n) is 10.2. The molecular formula is C9H22N2O3S. The lowest BCUT2D eigenvalue weighted by Gasteiger charge is -2.31. The summed E-state index contributed by atoms with van der Waals surface area (Å²) in [6.45, 7) is 10.0. The second-order valence-corrected chi connectivity index (χ2v) is 6.77. The second-order valence-electron chi connectivity index (χ2n) is 5.36. The van der Waals surface area contributed by atoms with E-state index in [1.54, 1.807) is 41.5 Å². The summed E-state index contributed by atoms with van der Waals surface area (Å²) < 4.78 is 28.1. The minimum absolute atomic E-state index is 0.541. The first-order chi connectivity index (χ1) is 6.36. The molecule has 0 radical (unpaired) electrons. The van der Waals surface area contributed by atoms with Gasteiger partial charge in [-0.25, -0.2) is 0 Å². The van der Waals surface area contributed by atoms with Crippen LogP contribution in [0.5, 0.6) is 0 Å². The van der Waals surface area contributed by atoms with Crippen molar-refractivity contribution >= 4 is 10.2 Å². The Labute approximate surface area is 92.4 Å². The highest BCUT2D eigenvalue weighted by atomic mass is 32.2. The molecule has 0 aliphatic rings. The van der Waals surface area contributed by atoms with E-state index >= 15 is 0 Å². The molecule has 0 amide bonds. The van der Waals surface area contributed by atoms with Gasteiger partial charge >= 0.3 is 0 Å².